The van der Waals surface area contributed by atoms with Gasteiger partial charge in [0.2, 0.25) is 0 Å². The molecule has 1 aromatic heterocycles. The second kappa shape index (κ2) is 6.39. The Hall–Kier alpha value is -1.36. The molecule has 20 heavy (non-hydrogen) atoms. The van der Waals surface area contributed by atoms with E-state index in [2.05, 4.69) is 6.92 Å². The second-order valence-electron chi connectivity index (χ2n) is 5.39. The molecule has 0 saturated heterocycles. The standard InChI is InChI=1S/C15H21NO3S/c1-3-16(11-7-5-4-6-10(11)2)14(17)12-8-9-13(20-12)15(18)19/h8-11H,3-7H2,1-2H3,(H,18,19). The first kappa shape index (κ1) is 15.0. The van der Waals surface area contributed by atoms with Crippen molar-refractivity contribution in [3.8, 4) is 0 Å². The lowest BCUT2D eigenvalue weighted by atomic mass is 9.85. The van der Waals surface area contributed by atoms with E-state index < -0.39 is 5.97 Å². The molecule has 1 aromatic rings. The predicted octanol–water partition coefficient (Wildman–Crippen LogP) is 3.49. The summed E-state index contributed by atoms with van der Waals surface area (Å²) in [6, 6.07) is 3.43. The highest BCUT2D eigenvalue weighted by Gasteiger charge is 2.30. The fraction of sp³-hybridized carbons (Fsp3) is 0.600. The summed E-state index contributed by atoms with van der Waals surface area (Å²) in [6.07, 6.45) is 4.63. The minimum atomic E-state index is -0.969. The molecule has 0 aliphatic heterocycles. The number of aromatic carboxylic acids is 1. The van der Waals surface area contributed by atoms with Crippen molar-refractivity contribution in [3.05, 3.63) is 21.9 Å². The molecule has 1 fully saturated rings. The molecule has 1 N–H and O–H groups in total. The number of nitrogens with zero attached hydrogens (tertiary/aromatic N) is 1. The van der Waals surface area contributed by atoms with Gasteiger partial charge in [-0.1, -0.05) is 19.8 Å². The number of amides is 1. The molecule has 0 bridgehead atoms. The smallest absolute Gasteiger partial charge is 0.345 e. The van der Waals surface area contributed by atoms with Crippen molar-refractivity contribution in [1.82, 2.24) is 4.90 Å². The van der Waals surface area contributed by atoms with Crippen LogP contribution in [0.25, 0.3) is 0 Å². The molecule has 2 unspecified atom stereocenters. The van der Waals surface area contributed by atoms with Crippen LogP contribution >= 0.6 is 11.3 Å². The molecule has 1 heterocycles. The van der Waals surface area contributed by atoms with Gasteiger partial charge in [-0.25, -0.2) is 4.79 Å². The van der Waals surface area contributed by atoms with Crippen LogP contribution in [-0.2, 0) is 0 Å². The summed E-state index contributed by atoms with van der Waals surface area (Å²) in [6.45, 7) is 4.87. The quantitative estimate of drug-likeness (QED) is 0.925. The number of carboxylic acids is 1. The van der Waals surface area contributed by atoms with Crippen LogP contribution in [0.2, 0.25) is 0 Å². The monoisotopic (exact) mass is 295 g/mol. The van der Waals surface area contributed by atoms with E-state index in [0.717, 1.165) is 17.8 Å². The molecule has 0 aromatic carbocycles. The topological polar surface area (TPSA) is 57.6 Å². The van der Waals surface area contributed by atoms with Crippen molar-refractivity contribution in [2.45, 2.75) is 45.6 Å². The van der Waals surface area contributed by atoms with E-state index in [0.29, 0.717) is 17.3 Å². The third kappa shape index (κ3) is 3.03. The van der Waals surface area contributed by atoms with Gasteiger partial charge in [-0.3, -0.25) is 4.79 Å². The molecule has 2 rings (SSSR count). The Morgan fingerprint density at radius 1 is 1.30 bits per heavy atom. The maximum Gasteiger partial charge on any atom is 0.345 e. The second-order valence-corrected chi connectivity index (χ2v) is 6.47. The van der Waals surface area contributed by atoms with Gasteiger partial charge < -0.3 is 10.0 Å². The number of carboxylic acid groups (broad SMARTS) is 1. The maximum atomic E-state index is 12.6. The van der Waals surface area contributed by atoms with Crippen molar-refractivity contribution < 1.29 is 14.7 Å². The minimum Gasteiger partial charge on any atom is -0.477 e. The summed E-state index contributed by atoms with van der Waals surface area (Å²) in [5.74, 6) is -0.474. The lowest BCUT2D eigenvalue weighted by Gasteiger charge is -2.38. The van der Waals surface area contributed by atoms with Crippen molar-refractivity contribution in [1.29, 1.82) is 0 Å². The first-order valence-electron chi connectivity index (χ1n) is 7.18. The number of carbonyl (C=O) groups excluding carboxylic acids is 1. The molecule has 0 radical (unpaired) electrons. The molecular weight excluding hydrogens is 274 g/mol. The van der Waals surface area contributed by atoms with E-state index in [9.17, 15) is 9.59 Å². The van der Waals surface area contributed by atoms with E-state index >= 15 is 0 Å². The van der Waals surface area contributed by atoms with Gasteiger partial charge in [0.05, 0.1) is 4.88 Å². The summed E-state index contributed by atoms with van der Waals surface area (Å²) in [5, 5.41) is 8.95. The Labute approximate surface area is 123 Å². The third-order valence-electron chi connectivity index (χ3n) is 4.10. The number of thiophene rings is 1. The van der Waals surface area contributed by atoms with Crippen LogP contribution in [0.4, 0.5) is 0 Å². The fourth-order valence-corrected chi connectivity index (χ4v) is 3.80. The van der Waals surface area contributed by atoms with Crippen LogP contribution in [0.5, 0.6) is 0 Å². The summed E-state index contributed by atoms with van der Waals surface area (Å²) in [4.78, 5) is 26.2. The Kier molecular flexibility index (Phi) is 4.81. The highest BCUT2D eigenvalue weighted by molar-refractivity contribution is 7.15. The summed E-state index contributed by atoms with van der Waals surface area (Å²) in [5.41, 5.74) is 0. The zero-order chi connectivity index (χ0) is 14.7. The fourth-order valence-electron chi connectivity index (χ4n) is 3.00. The van der Waals surface area contributed by atoms with Crippen LogP contribution < -0.4 is 0 Å². The number of carbonyl (C=O) groups is 2. The summed E-state index contributed by atoms with van der Waals surface area (Å²) in [7, 11) is 0. The van der Waals surface area contributed by atoms with Crippen LogP contribution in [0, 0.1) is 5.92 Å². The first-order chi connectivity index (χ1) is 9.54. The Bertz CT molecular complexity index is 497. The predicted molar refractivity (Wildman–Crippen MR) is 79.4 cm³/mol. The zero-order valence-corrected chi connectivity index (χ0v) is 12.8. The van der Waals surface area contributed by atoms with E-state index in [1.54, 1.807) is 6.07 Å². The van der Waals surface area contributed by atoms with E-state index in [1.165, 1.54) is 25.3 Å². The van der Waals surface area contributed by atoms with Crippen molar-refractivity contribution in [3.63, 3.8) is 0 Å². The third-order valence-corrected chi connectivity index (χ3v) is 5.16. The number of hydrogen-bond acceptors (Lipinski definition) is 3. The average molecular weight is 295 g/mol. The summed E-state index contributed by atoms with van der Waals surface area (Å²) < 4.78 is 0. The van der Waals surface area contributed by atoms with Crippen LogP contribution in [0.3, 0.4) is 0 Å². The van der Waals surface area contributed by atoms with Gasteiger partial charge in [0.15, 0.2) is 0 Å². The van der Waals surface area contributed by atoms with Crippen LogP contribution in [0.1, 0.15) is 58.9 Å². The van der Waals surface area contributed by atoms with Gasteiger partial charge in [-0.2, -0.15) is 0 Å². The molecule has 0 spiro atoms. The van der Waals surface area contributed by atoms with Gasteiger partial charge >= 0.3 is 5.97 Å². The van der Waals surface area contributed by atoms with E-state index in [1.807, 2.05) is 11.8 Å². The highest BCUT2D eigenvalue weighted by Crippen LogP contribution is 2.30. The molecule has 1 saturated carbocycles. The van der Waals surface area contributed by atoms with Crippen LogP contribution in [0.15, 0.2) is 12.1 Å². The Morgan fingerprint density at radius 2 is 1.95 bits per heavy atom. The number of rotatable bonds is 4. The molecular formula is C15H21NO3S. The molecule has 5 heteroatoms. The molecule has 4 nitrogen and oxygen atoms in total. The molecule has 1 amide bonds. The highest BCUT2D eigenvalue weighted by atomic mass is 32.1. The minimum absolute atomic E-state index is 0.0243. The van der Waals surface area contributed by atoms with Crippen LogP contribution in [-0.4, -0.2) is 34.5 Å². The normalized spacial score (nSPS) is 22.5. The maximum absolute atomic E-state index is 12.6. The summed E-state index contributed by atoms with van der Waals surface area (Å²) >= 11 is 1.07. The zero-order valence-electron chi connectivity index (χ0n) is 12.0. The molecule has 1 aliphatic rings. The molecule has 110 valence electrons. The first-order valence-corrected chi connectivity index (χ1v) is 8.00. The van der Waals surface area contributed by atoms with E-state index in [-0.39, 0.29) is 16.8 Å². The lowest BCUT2D eigenvalue weighted by molar-refractivity contribution is 0.0574. The van der Waals surface area contributed by atoms with Gasteiger partial charge in [0, 0.05) is 12.6 Å². The van der Waals surface area contributed by atoms with Crippen molar-refractivity contribution >= 4 is 23.2 Å². The lowest BCUT2D eigenvalue weighted by Crippen LogP contribution is -2.44. The van der Waals surface area contributed by atoms with Crippen molar-refractivity contribution in [2.24, 2.45) is 5.92 Å². The van der Waals surface area contributed by atoms with Gasteiger partial charge in [-0.15, -0.1) is 11.3 Å². The van der Waals surface area contributed by atoms with Gasteiger partial charge in [0.25, 0.3) is 5.91 Å². The van der Waals surface area contributed by atoms with Gasteiger partial charge in [0.1, 0.15) is 4.88 Å². The Balaban J connectivity index is 2.17. The Morgan fingerprint density at radius 3 is 2.50 bits per heavy atom. The average Bonchev–Trinajstić information content (AvgIpc) is 2.91. The largest absolute Gasteiger partial charge is 0.477 e. The molecule has 1 aliphatic carbocycles. The SMILES string of the molecule is CCN(C(=O)c1ccc(C(=O)O)s1)C1CCCCC1C. The van der Waals surface area contributed by atoms with Gasteiger partial charge in [-0.05, 0) is 37.8 Å². The number of hydrogen-bond donors (Lipinski definition) is 1. The molecule has 2 atom stereocenters. The van der Waals surface area contributed by atoms with E-state index in [4.69, 9.17) is 5.11 Å². The van der Waals surface area contributed by atoms with Crippen molar-refractivity contribution in [2.75, 3.05) is 6.54 Å².